The maximum absolute atomic E-state index is 5.17. The molecule has 0 aliphatic rings. The first-order chi connectivity index (χ1) is 4.58. The Labute approximate surface area is 71.3 Å². The molecule has 1 aromatic rings. The predicted molar refractivity (Wildman–Crippen MR) is 41.6 cm³/mol. The molecule has 2 nitrogen and oxygen atoms in total. The number of aromatic nitrogens is 1. The second-order valence-electron chi connectivity index (χ2n) is 3.21. The number of hydrogen-bond donors (Lipinski definition) is 0. The van der Waals surface area contributed by atoms with E-state index in [4.69, 9.17) is 4.42 Å². The third-order valence-corrected chi connectivity index (χ3v) is 4.37. The van der Waals surface area contributed by atoms with Crippen LogP contribution in [0, 0.1) is 0 Å². The third kappa shape index (κ3) is 2.73. The van der Waals surface area contributed by atoms with Gasteiger partial charge in [0.2, 0.25) is 0 Å². The first kappa shape index (κ1) is 8.11. The van der Waals surface area contributed by atoms with Gasteiger partial charge in [-0.15, -0.1) is 0 Å². The molecular formula is C7H11NOSn. The van der Waals surface area contributed by atoms with E-state index >= 15 is 0 Å². The van der Waals surface area contributed by atoms with Crippen molar-refractivity contribution in [3.63, 3.8) is 0 Å². The van der Waals surface area contributed by atoms with Crippen molar-refractivity contribution in [2.75, 3.05) is 0 Å². The molecule has 1 aromatic heterocycles. The minimum absolute atomic E-state index is 0.439. The number of hydrogen-bond acceptors (Lipinski definition) is 2. The van der Waals surface area contributed by atoms with Crippen molar-refractivity contribution in [1.29, 1.82) is 0 Å². The normalized spacial score (nSPS) is 11.9. The summed E-state index contributed by atoms with van der Waals surface area (Å²) >= 11 is -0.580. The van der Waals surface area contributed by atoms with Gasteiger partial charge >= 0.3 is 71.1 Å². The predicted octanol–water partition coefficient (Wildman–Crippen LogP) is 1.22. The Morgan fingerprint density at radius 2 is 2.20 bits per heavy atom. The summed E-state index contributed by atoms with van der Waals surface area (Å²) in [7, 11) is 0. The van der Waals surface area contributed by atoms with Gasteiger partial charge in [0.05, 0.1) is 0 Å². The fourth-order valence-corrected chi connectivity index (χ4v) is 3.20. The number of oxazole rings is 1. The van der Waals surface area contributed by atoms with E-state index in [1.807, 2.05) is 0 Å². The van der Waals surface area contributed by atoms with E-state index in [1.54, 1.807) is 12.5 Å². The Kier molecular flexibility index (Phi) is 2.39. The summed E-state index contributed by atoms with van der Waals surface area (Å²) in [6.45, 7) is 6.72. The van der Waals surface area contributed by atoms with E-state index in [2.05, 4.69) is 25.8 Å². The van der Waals surface area contributed by atoms with Crippen LogP contribution in [0.2, 0.25) is 3.43 Å². The molecule has 0 aromatic carbocycles. The second-order valence-corrected chi connectivity index (χ2v) is 9.43. The average Bonchev–Trinajstić information content (AvgIpc) is 2.12. The van der Waals surface area contributed by atoms with E-state index in [-0.39, 0.29) is 0 Å². The molecule has 0 fully saturated rings. The van der Waals surface area contributed by atoms with Gasteiger partial charge in [0.25, 0.3) is 0 Å². The molecule has 1 heterocycles. The monoisotopic (exact) mass is 245 g/mol. The van der Waals surface area contributed by atoms with Crippen LogP contribution in [0.3, 0.4) is 0 Å². The van der Waals surface area contributed by atoms with Crippen molar-refractivity contribution < 1.29 is 4.42 Å². The van der Waals surface area contributed by atoms with Crippen LogP contribution in [0.1, 0.15) is 20.8 Å². The minimum atomic E-state index is -0.580. The van der Waals surface area contributed by atoms with E-state index in [0.717, 1.165) is 3.91 Å². The molecule has 0 N–H and O–H groups in total. The van der Waals surface area contributed by atoms with Gasteiger partial charge < -0.3 is 0 Å². The third-order valence-electron chi connectivity index (χ3n) is 0.914. The van der Waals surface area contributed by atoms with Crippen molar-refractivity contribution in [2.45, 2.75) is 24.2 Å². The molecule has 1 rings (SSSR count). The molecule has 0 unspecified atom stereocenters. The SMILES string of the molecule is C[C](C)(C)[Sn][c]1ncco1. The Balaban J connectivity index is 2.57. The molecule has 3 heteroatoms. The van der Waals surface area contributed by atoms with Gasteiger partial charge in [0.15, 0.2) is 0 Å². The van der Waals surface area contributed by atoms with Crippen LogP contribution >= 0.6 is 0 Å². The van der Waals surface area contributed by atoms with Crippen LogP contribution in [0.4, 0.5) is 0 Å². The van der Waals surface area contributed by atoms with Crippen molar-refractivity contribution in [3.05, 3.63) is 12.5 Å². The Bertz CT molecular complexity index is 188. The Morgan fingerprint density at radius 3 is 2.60 bits per heavy atom. The van der Waals surface area contributed by atoms with Crippen LogP contribution in [0.25, 0.3) is 0 Å². The molecule has 0 spiro atoms. The quantitative estimate of drug-likeness (QED) is 0.694. The van der Waals surface area contributed by atoms with E-state index < -0.39 is 21.1 Å². The number of nitrogens with zero attached hydrogens (tertiary/aromatic N) is 1. The van der Waals surface area contributed by atoms with Crippen LogP contribution in [0.15, 0.2) is 16.9 Å². The molecule has 54 valence electrons. The van der Waals surface area contributed by atoms with Crippen molar-refractivity contribution >= 4 is 25.0 Å². The van der Waals surface area contributed by atoms with E-state index in [9.17, 15) is 0 Å². The zero-order valence-corrected chi connectivity index (χ0v) is 9.36. The zero-order valence-electron chi connectivity index (χ0n) is 6.51. The van der Waals surface area contributed by atoms with Gasteiger partial charge in [-0.25, -0.2) is 0 Å². The van der Waals surface area contributed by atoms with Crippen molar-refractivity contribution in [3.8, 4) is 0 Å². The van der Waals surface area contributed by atoms with Crippen LogP contribution in [-0.2, 0) is 0 Å². The summed E-state index contributed by atoms with van der Waals surface area (Å²) in [4.78, 5) is 4.11. The Hall–Kier alpha value is 0.00870. The molecule has 10 heavy (non-hydrogen) atoms. The summed E-state index contributed by atoms with van der Waals surface area (Å²) in [5.41, 5.74) is 0. The first-order valence-electron chi connectivity index (χ1n) is 3.25. The van der Waals surface area contributed by atoms with Gasteiger partial charge in [-0.1, -0.05) is 0 Å². The van der Waals surface area contributed by atoms with Crippen molar-refractivity contribution in [2.24, 2.45) is 0 Å². The van der Waals surface area contributed by atoms with Crippen LogP contribution in [0.5, 0.6) is 0 Å². The molecular weight excluding hydrogens is 233 g/mol. The van der Waals surface area contributed by atoms with E-state index in [0.29, 0.717) is 3.43 Å². The first-order valence-corrected chi connectivity index (χ1v) is 6.11. The Morgan fingerprint density at radius 1 is 1.50 bits per heavy atom. The summed E-state index contributed by atoms with van der Waals surface area (Å²) in [5.74, 6) is 0. The molecule has 0 atom stereocenters. The van der Waals surface area contributed by atoms with Gasteiger partial charge in [0, 0.05) is 0 Å². The fourth-order valence-electron chi connectivity index (χ4n) is 0.606. The average molecular weight is 244 g/mol. The topological polar surface area (TPSA) is 26.0 Å². The molecule has 2 radical (unpaired) electrons. The van der Waals surface area contributed by atoms with Gasteiger partial charge in [0.1, 0.15) is 0 Å². The van der Waals surface area contributed by atoms with Gasteiger partial charge in [-0.3, -0.25) is 0 Å². The summed E-state index contributed by atoms with van der Waals surface area (Å²) < 4.78 is 6.61. The molecule has 0 aliphatic heterocycles. The zero-order chi connectivity index (χ0) is 7.61. The van der Waals surface area contributed by atoms with E-state index in [1.165, 1.54) is 0 Å². The maximum atomic E-state index is 5.17. The van der Waals surface area contributed by atoms with Crippen LogP contribution in [-0.4, -0.2) is 26.1 Å². The molecule has 0 aliphatic carbocycles. The second kappa shape index (κ2) is 2.94. The molecule has 0 saturated heterocycles. The van der Waals surface area contributed by atoms with Gasteiger partial charge in [-0.05, 0) is 0 Å². The molecule has 0 bridgehead atoms. The summed E-state index contributed by atoms with van der Waals surface area (Å²) in [5, 5.41) is 0. The molecule has 0 amide bonds. The number of rotatable bonds is 1. The fraction of sp³-hybridized carbons (Fsp3) is 0.571. The molecule has 0 saturated carbocycles. The summed E-state index contributed by atoms with van der Waals surface area (Å²) in [6, 6.07) is 0. The summed E-state index contributed by atoms with van der Waals surface area (Å²) in [6.07, 6.45) is 3.38. The standard InChI is InChI=1S/C4H9.C3H2NO.Sn/c1-4(2)3;1-2-5-3-4-1;/h1-3H3;1-2H;. The van der Waals surface area contributed by atoms with Crippen molar-refractivity contribution in [1.82, 2.24) is 4.98 Å². The van der Waals surface area contributed by atoms with Gasteiger partial charge in [-0.2, -0.15) is 0 Å². The van der Waals surface area contributed by atoms with Crippen LogP contribution < -0.4 is 3.91 Å².